The van der Waals surface area contributed by atoms with Crippen LogP contribution < -0.4 is 10.5 Å². The van der Waals surface area contributed by atoms with Gasteiger partial charge in [-0.15, -0.1) is 0 Å². The summed E-state index contributed by atoms with van der Waals surface area (Å²) in [6.45, 7) is 1.57. The molecule has 1 aromatic heterocycles. The van der Waals surface area contributed by atoms with Crippen LogP contribution in [0, 0.1) is 16.3 Å². The van der Waals surface area contributed by atoms with Crippen molar-refractivity contribution in [1.29, 1.82) is 0 Å². The number of hydrogen-bond donors (Lipinski definition) is 2. The van der Waals surface area contributed by atoms with Crippen LogP contribution in [0.4, 0.5) is 15.2 Å². The van der Waals surface area contributed by atoms with E-state index in [0.717, 1.165) is 11.3 Å². The van der Waals surface area contributed by atoms with Crippen LogP contribution >= 0.6 is 33.9 Å². The van der Waals surface area contributed by atoms with Crippen molar-refractivity contribution in [3.63, 3.8) is 0 Å². The van der Waals surface area contributed by atoms with Gasteiger partial charge in [-0.25, -0.2) is 17.8 Å². The van der Waals surface area contributed by atoms with E-state index < -0.39 is 15.8 Å². The van der Waals surface area contributed by atoms with Crippen molar-refractivity contribution < 1.29 is 12.8 Å². The standard InChI is InChI=1S/C10H9FIN3O2S2/c1-5-9(18-10(13)14-5)19(16,17)15-8-3-2-6(11)4-7(8)12/h2-4,15H,1H3,(H2,13,14). The number of aryl methyl sites for hydroxylation is 1. The predicted molar refractivity (Wildman–Crippen MR) is 81.2 cm³/mol. The molecule has 0 unspecified atom stereocenters. The molecule has 0 fully saturated rings. The Hall–Kier alpha value is -0.940. The van der Waals surface area contributed by atoms with E-state index >= 15 is 0 Å². The lowest BCUT2D eigenvalue weighted by Gasteiger charge is -2.08. The van der Waals surface area contributed by atoms with Gasteiger partial charge < -0.3 is 5.73 Å². The molecular weight excluding hydrogens is 404 g/mol. The Morgan fingerprint density at radius 1 is 1.47 bits per heavy atom. The molecule has 0 saturated carbocycles. The van der Waals surface area contributed by atoms with Crippen molar-refractivity contribution in [3.05, 3.63) is 33.3 Å². The first kappa shape index (κ1) is 14.5. The van der Waals surface area contributed by atoms with E-state index in [9.17, 15) is 12.8 Å². The summed E-state index contributed by atoms with van der Waals surface area (Å²) in [5, 5.41) is 0.187. The zero-order valence-corrected chi connectivity index (χ0v) is 13.4. The molecule has 0 saturated heterocycles. The van der Waals surface area contributed by atoms with Crippen LogP contribution in [-0.2, 0) is 10.0 Å². The SMILES string of the molecule is Cc1nc(N)sc1S(=O)(=O)Nc1ccc(F)cc1I. The fraction of sp³-hybridized carbons (Fsp3) is 0.100. The van der Waals surface area contributed by atoms with E-state index in [1.807, 2.05) is 22.6 Å². The zero-order chi connectivity index (χ0) is 14.2. The fourth-order valence-corrected chi connectivity index (χ4v) is 4.59. The van der Waals surface area contributed by atoms with Crippen molar-refractivity contribution in [3.8, 4) is 0 Å². The monoisotopic (exact) mass is 413 g/mol. The predicted octanol–water partition coefficient (Wildman–Crippen LogP) is 2.58. The zero-order valence-electron chi connectivity index (χ0n) is 9.65. The van der Waals surface area contributed by atoms with Gasteiger partial charge >= 0.3 is 0 Å². The molecule has 0 bridgehead atoms. The second kappa shape index (κ2) is 5.21. The van der Waals surface area contributed by atoms with Gasteiger partial charge in [0, 0.05) is 3.57 Å². The highest BCUT2D eigenvalue weighted by atomic mass is 127. The minimum Gasteiger partial charge on any atom is -0.375 e. The summed E-state index contributed by atoms with van der Waals surface area (Å²) in [6, 6.07) is 3.80. The summed E-state index contributed by atoms with van der Waals surface area (Å²) in [7, 11) is -3.76. The third-order valence-electron chi connectivity index (χ3n) is 2.19. The number of anilines is 2. The van der Waals surface area contributed by atoms with Crippen LogP contribution in [0.2, 0.25) is 0 Å². The number of benzene rings is 1. The van der Waals surface area contributed by atoms with Gasteiger partial charge in [0.15, 0.2) is 9.34 Å². The lowest BCUT2D eigenvalue weighted by molar-refractivity contribution is 0.602. The highest BCUT2D eigenvalue weighted by Gasteiger charge is 2.22. The van der Waals surface area contributed by atoms with E-state index in [0.29, 0.717) is 15.0 Å². The van der Waals surface area contributed by atoms with Gasteiger partial charge in [0.25, 0.3) is 10.0 Å². The number of rotatable bonds is 3. The molecule has 2 rings (SSSR count). The van der Waals surface area contributed by atoms with Gasteiger partial charge in [-0.1, -0.05) is 11.3 Å². The molecule has 0 aliphatic heterocycles. The Kier molecular flexibility index (Phi) is 3.97. The number of sulfonamides is 1. The van der Waals surface area contributed by atoms with Crippen molar-refractivity contribution in [1.82, 2.24) is 4.98 Å². The Labute approximate surface area is 127 Å². The lowest BCUT2D eigenvalue weighted by atomic mass is 10.3. The van der Waals surface area contributed by atoms with Crippen LogP contribution in [0.3, 0.4) is 0 Å². The largest absolute Gasteiger partial charge is 0.375 e. The summed E-state index contributed by atoms with van der Waals surface area (Å²) >= 11 is 2.74. The number of nitrogen functional groups attached to an aromatic ring is 1. The smallest absolute Gasteiger partial charge is 0.273 e. The maximum atomic E-state index is 13.0. The molecule has 5 nitrogen and oxygen atoms in total. The van der Waals surface area contributed by atoms with Crippen LogP contribution in [0.25, 0.3) is 0 Å². The normalized spacial score (nSPS) is 11.5. The maximum absolute atomic E-state index is 13.0. The van der Waals surface area contributed by atoms with Gasteiger partial charge in [0.2, 0.25) is 0 Å². The number of halogens is 2. The molecule has 2 aromatic rings. The van der Waals surface area contributed by atoms with E-state index in [1.54, 1.807) is 6.92 Å². The highest BCUT2D eigenvalue weighted by molar-refractivity contribution is 14.1. The van der Waals surface area contributed by atoms with Crippen molar-refractivity contribution in [2.75, 3.05) is 10.5 Å². The molecule has 9 heteroatoms. The van der Waals surface area contributed by atoms with Gasteiger partial charge in [-0.05, 0) is 47.7 Å². The highest BCUT2D eigenvalue weighted by Crippen LogP contribution is 2.28. The van der Waals surface area contributed by atoms with Gasteiger partial charge in [0.05, 0.1) is 11.4 Å². The maximum Gasteiger partial charge on any atom is 0.273 e. The minimum atomic E-state index is -3.76. The third-order valence-corrected chi connectivity index (χ3v) is 6.04. The third kappa shape index (κ3) is 3.15. The lowest BCUT2D eigenvalue weighted by Crippen LogP contribution is -2.13. The van der Waals surface area contributed by atoms with Crippen molar-refractivity contribution in [2.45, 2.75) is 11.1 Å². The minimum absolute atomic E-state index is 0.0603. The second-order valence-corrected chi connectivity index (χ2v) is 7.73. The van der Waals surface area contributed by atoms with Gasteiger partial charge in [0.1, 0.15) is 5.82 Å². The van der Waals surface area contributed by atoms with Crippen molar-refractivity contribution in [2.24, 2.45) is 0 Å². The molecule has 0 radical (unpaired) electrons. The molecule has 0 atom stereocenters. The first-order chi connectivity index (χ1) is 8.79. The summed E-state index contributed by atoms with van der Waals surface area (Å²) < 4.78 is 40.2. The Balaban J connectivity index is 2.39. The average Bonchev–Trinajstić information content (AvgIpc) is 2.63. The van der Waals surface area contributed by atoms with Gasteiger partial charge in [-0.3, -0.25) is 4.72 Å². The second-order valence-electron chi connectivity index (χ2n) is 3.65. The molecule has 0 aliphatic carbocycles. The topological polar surface area (TPSA) is 85.1 Å². The van der Waals surface area contributed by atoms with Crippen LogP contribution in [0.1, 0.15) is 5.69 Å². The van der Waals surface area contributed by atoms with Crippen LogP contribution in [0.5, 0.6) is 0 Å². The van der Waals surface area contributed by atoms with E-state index in [1.165, 1.54) is 18.2 Å². The molecule has 3 N–H and O–H groups in total. The molecule has 19 heavy (non-hydrogen) atoms. The first-order valence-corrected chi connectivity index (χ1v) is 8.38. The summed E-state index contributed by atoms with van der Waals surface area (Å²) in [6.07, 6.45) is 0. The number of nitrogens with zero attached hydrogens (tertiary/aromatic N) is 1. The molecule has 0 amide bonds. The number of hydrogen-bond acceptors (Lipinski definition) is 5. The van der Waals surface area contributed by atoms with E-state index in [2.05, 4.69) is 9.71 Å². The molecule has 0 aliphatic rings. The molecule has 1 heterocycles. The van der Waals surface area contributed by atoms with Crippen LogP contribution in [-0.4, -0.2) is 13.4 Å². The molecule has 0 spiro atoms. The van der Waals surface area contributed by atoms with Crippen molar-refractivity contribution >= 4 is 54.8 Å². The molecule has 1 aromatic carbocycles. The molecule has 102 valence electrons. The first-order valence-electron chi connectivity index (χ1n) is 5.00. The Morgan fingerprint density at radius 3 is 2.68 bits per heavy atom. The number of nitrogens with two attached hydrogens (primary N) is 1. The Bertz CT molecular complexity index is 730. The average molecular weight is 413 g/mol. The van der Waals surface area contributed by atoms with E-state index in [-0.39, 0.29) is 9.34 Å². The van der Waals surface area contributed by atoms with Crippen LogP contribution in [0.15, 0.2) is 22.4 Å². The Morgan fingerprint density at radius 2 is 2.16 bits per heavy atom. The quantitative estimate of drug-likeness (QED) is 0.758. The van der Waals surface area contributed by atoms with E-state index in [4.69, 9.17) is 5.73 Å². The summed E-state index contributed by atoms with van der Waals surface area (Å²) in [5.41, 5.74) is 6.14. The summed E-state index contributed by atoms with van der Waals surface area (Å²) in [4.78, 5) is 3.87. The number of thiazole rings is 1. The fourth-order valence-electron chi connectivity index (χ4n) is 1.42. The summed E-state index contributed by atoms with van der Waals surface area (Å²) in [5.74, 6) is -0.425. The number of nitrogens with one attached hydrogen (secondary N) is 1. The molecular formula is C10H9FIN3O2S2. The van der Waals surface area contributed by atoms with Gasteiger partial charge in [-0.2, -0.15) is 0 Å². The number of aromatic nitrogens is 1.